The van der Waals surface area contributed by atoms with E-state index in [-0.39, 0.29) is 5.75 Å². The molecule has 0 unspecified atom stereocenters. The average molecular weight is 249 g/mol. The summed E-state index contributed by atoms with van der Waals surface area (Å²) < 4.78 is 0. The van der Waals surface area contributed by atoms with Gasteiger partial charge in [-0.25, -0.2) is 4.98 Å². The van der Waals surface area contributed by atoms with Gasteiger partial charge in [0.2, 0.25) is 0 Å². The lowest BCUT2D eigenvalue weighted by Crippen LogP contribution is -2.17. The topological polar surface area (TPSA) is 58.0 Å². The molecule has 0 saturated carbocycles. The van der Waals surface area contributed by atoms with Crippen molar-refractivity contribution in [3.63, 3.8) is 0 Å². The Morgan fingerprint density at radius 3 is 3.06 bits per heavy atom. The van der Waals surface area contributed by atoms with E-state index >= 15 is 0 Å². The fraction of sp³-hybridized carbons (Fsp3) is 0.333. The van der Waals surface area contributed by atoms with Gasteiger partial charge in [0.1, 0.15) is 5.75 Å². The van der Waals surface area contributed by atoms with Gasteiger partial charge in [0.15, 0.2) is 0 Å². The van der Waals surface area contributed by atoms with Crippen molar-refractivity contribution in [3.05, 3.63) is 40.1 Å². The Kier molecular flexibility index (Phi) is 4.06. The lowest BCUT2D eigenvalue weighted by molar-refractivity contribution is 0.459. The molecule has 5 heteroatoms. The third kappa shape index (κ3) is 3.51. The van der Waals surface area contributed by atoms with E-state index in [2.05, 4.69) is 15.3 Å². The van der Waals surface area contributed by atoms with Crippen molar-refractivity contribution >= 4 is 11.3 Å². The highest BCUT2D eigenvalue weighted by Gasteiger charge is 2.02. The summed E-state index contributed by atoms with van der Waals surface area (Å²) in [6.07, 6.45) is 2.72. The maximum atomic E-state index is 9.61. The summed E-state index contributed by atoms with van der Waals surface area (Å²) in [6.45, 7) is 3.33. The zero-order valence-electron chi connectivity index (χ0n) is 9.68. The van der Waals surface area contributed by atoms with Gasteiger partial charge in [0.25, 0.3) is 0 Å². The molecular weight excluding hydrogens is 234 g/mol. The number of hydrogen-bond acceptors (Lipinski definition) is 5. The van der Waals surface area contributed by atoms with Crippen LogP contribution in [0.1, 0.15) is 16.4 Å². The van der Waals surface area contributed by atoms with Crippen molar-refractivity contribution in [3.8, 4) is 5.75 Å². The quantitative estimate of drug-likeness (QED) is 0.794. The average Bonchev–Trinajstić information content (AvgIpc) is 2.82. The van der Waals surface area contributed by atoms with Gasteiger partial charge in [0, 0.05) is 36.8 Å². The van der Waals surface area contributed by atoms with Crippen LogP contribution in [0, 0.1) is 6.92 Å². The van der Waals surface area contributed by atoms with Crippen LogP contribution in [0.5, 0.6) is 5.75 Å². The minimum atomic E-state index is 0.248. The minimum Gasteiger partial charge on any atom is -0.506 e. The summed E-state index contributed by atoms with van der Waals surface area (Å²) in [5, 5.41) is 16.0. The third-order valence-corrected chi connectivity index (χ3v) is 3.22. The maximum absolute atomic E-state index is 9.61. The second-order valence-electron chi connectivity index (χ2n) is 3.77. The predicted molar refractivity (Wildman–Crippen MR) is 68.2 cm³/mol. The van der Waals surface area contributed by atoms with Crippen LogP contribution in [0.4, 0.5) is 0 Å². The van der Waals surface area contributed by atoms with E-state index in [1.54, 1.807) is 23.5 Å². The molecule has 0 bridgehead atoms. The van der Waals surface area contributed by atoms with Gasteiger partial charge in [-0.2, -0.15) is 0 Å². The summed E-state index contributed by atoms with van der Waals surface area (Å²) in [5.41, 5.74) is 1.61. The van der Waals surface area contributed by atoms with Crippen molar-refractivity contribution in [2.24, 2.45) is 0 Å². The van der Waals surface area contributed by atoms with Gasteiger partial charge in [-0.15, -0.1) is 11.3 Å². The summed E-state index contributed by atoms with van der Waals surface area (Å²) >= 11 is 1.66. The monoisotopic (exact) mass is 249 g/mol. The second kappa shape index (κ2) is 5.75. The van der Waals surface area contributed by atoms with Crippen LogP contribution in [-0.4, -0.2) is 21.6 Å². The van der Waals surface area contributed by atoms with Crippen LogP contribution >= 0.6 is 11.3 Å². The molecule has 2 aromatic heterocycles. The molecule has 0 aliphatic rings. The highest BCUT2D eigenvalue weighted by molar-refractivity contribution is 7.09. The number of thiazole rings is 1. The molecule has 0 radical (unpaired) electrons. The Hall–Kier alpha value is -1.46. The molecule has 4 nitrogen and oxygen atoms in total. The number of rotatable bonds is 5. The first kappa shape index (κ1) is 12.0. The molecule has 2 rings (SSSR count). The van der Waals surface area contributed by atoms with E-state index in [4.69, 9.17) is 0 Å². The van der Waals surface area contributed by atoms with Crippen molar-refractivity contribution in [1.82, 2.24) is 15.3 Å². The van der Waals surface area contributed by atoms with Gasteiger partial charge < -0.3 is 10.4 Å². The molecule has 0 aromatic carbocycles. The van der Waals surface area contributed by atoms with Crippen LogP contribution < -0.4 is 5.32 Å². The summed E-state index contributed by atoms with van der Waals surface area (Å²) in [6, 6.07) is 3.48. The Morgan fingerprint density at radius 2 is 2.29 bits per heavy atom. The fourth-order valence-electron chi connectivity index (χ4n) is 1.51. The normalized spacial score (nSPS) is 10.6. The first-order valence-electron chi connectivity index (χ1n) is 5.50. The Balaban J connectivity index is 1.80. The Bertz CT molecular complexity index is 471. The molecule has 0 spiro atoms. The van der Waals surface area contributed by atoms with Crippen molar-refractivity contribution in [1.29, 1.82) is 0 Å². The van der Waals surface area contributed by atoms with Crippen molar-refractivity contribution in [2.75, 3.05) is 6.54 Å². The van der Waals surface area contributed by atoms with Crippen LogP contribution in [0.25, 0.3) is 0 Å². The van der Waals surface area contributed by atoms with E-state index in [0.717, 1.165) is 23.7 Å². The lowest BCUT2D eigenvalue weighted by Gasteiger charge is -2.06. The first-order chi connectivity index (χ1) is 8.25. The van der Waals surface area contributed by atoms with Crippen LogP contribution in [0.3, 0.4) is 0 Å². The Morgan fingerprint density at radius 1 is 1.41 bits per heavy atom. The number of pyridine rings is 1. The molecule has 0 saturated heterocycles. The first-order valence-corrected chi connectivity index (χ1v) is 6.38. The van der Waals surface area contributed by atoms with Gasteiger partial charge in [0.05, 0.1) is 10.7 Å². The molecule has 2 aromatic rings. The van der Waals surface area contributed by atoms with Crippen LogP contribution in [0.15, 0.2) is 23.7 Å². The largest absolute Gasteiger partial charge is 0.506 e. The molecular formula is C12H15N3OS. The molecule has 17 heavy (non-hydrogen) atoms. The predicted octanol–water partition coefficient (Wildman–Crippen LogP) is 1.88. The minimum absolute atomic E-state index is 0.248. The van der Waals surface area contributed by atoms with Crippen LogP contribution in [-0.2, 0) is 13.0 Å². The van der Waals surface area contributed by atoms with E-state index in [1.165, 1.54) is 0 Å². The van der Waals surface area contributed by atoms with Gasteiger partial charge >= 0.3 is 0 Å². The van der Waals surface area contributed by atoms with Gasteiger partial charge in [-0.05, 0) is 19.1 Å². The number of nitrogens with zero attached hydrogens (tertiary/aromatic N) is 2. The van der Waals surface area contributed by atoms with Crippen molar-refractivity contribution < 1.29 is 5.11 Å². The molecule has 0 amide bonds. The summed E-state index contributed by atoms with van der Waals surface area (Å²) in [7, 11) is 0. The van der Waals surface area contributed by atoms with E-state index in [1.807, 2.05) is 18.5 Å². The molecule has 2 heterocycles. The van der Waals surface area contributed by atoms with Gasteiger partial charge in [-0.1, -0.05) is 0 Å². The van der Waals surface area contributed by atoms with E-state index < -0.39 is 0 Å². The second-order valence-corrected chi connectivity index (χ2v) is 4.75. The highest BCUT2D eigenvalue weighted by Crippen LogP contribution is 2.14. The smallest absolute Gasteiger partial charge is 0.138 e. The molecule has 0 aliphatic carbocycles. The summed E-state index contributed by atoms with van der Waals surface area (Å²) in [5.74, 6) is 0.248. The SMILES string of the molecule is Cc1ccc(O)c(CNCCc2nccs2)n1. The summed E-state index contributed by atoms with van der Waals surface area (Å²) in [4.78, 5) is 8.49. The number of nitrogens with one attached hydrogen (secondary N) is 1. The maximum Gasteiger partial charge on any atom is 0.138 e. The Labute approximate surface area is 104 Å². The molecule has 0 aliphatic heterocycles. The van der Waals surface area contributed by atoms with E-state index in [0.29, 0.717) is 12.2 Å². The zero-order valence-corrected chi connectivity index (χ0v) is 10.5. The molecule has 0 atom stereocenters. The van der Waals surface area contributed by atoms with Gasteiger partial charge in [-0.3, -0.25) is 4.98 Å². The lowest BCUT2D eigenvalue weighted by atomic mass is 10.3. The number of hydrogen-bond donors (Lipinski definition) is 2. The number of aryl methyl sites for hydroxylation is 1. The third-order valence-electron chi connectivity index (χ3n) is 2.38. The molecule has 90 valence electrons. The van der Waals surface area contributed by atoms with Crippen LogP contribution in [0.2, 0.25) is 0 Å². The van der Waals surface area contributed by atoms with Crippen molar-refractivity contribution in [2.45, 2.75) is 19.9 Å². The number of aromatic hydroxyl groups is 1. The highest BCUT2D eigenvalue weighted by atomic mass is 32.1. The number of aromatic nitrogens is 2. The zero-order chi connectivity index (χ0) is 12.1. The molecule has 0 fully saturated rings. The fourth-order valence-corrected chi connectivity index (χ4v) is 2.13. The molecule has 2 N–H and O–H groups in total. The van der Waals surface area contributed by atoms with E-state index in [9.17, 15) is 5.11 Å². The standard InChI is InChI=1S/C12H15N3OS/c1-9-2-3-11(16)10(15-9)8-13-5-4-12-14-6-7-17-12/h2-3,6-7,13,16H,4-5,8H2,1H3.